The lowest BCUT2D eigenvalue weighted by molar-refractivity contribution is 0.407. The quantitative estimate of drug-likeness (QED) is 0.737. The molecule has 0 atom stereocenters. The van der Waals surface area contributed by atoms with Crippen molar-refractivity contribution < 1.29 is 13.5 Å². The van der Waals surface area contributed by atoms with E-state index < -0.39 is 11.6 Å². The molecule has 0 aliphatic rings. The Labute approximate surface area is 114 Å². The zero-order valence-electron chi connectivity index (χ0n) is 10.8. The fourth-order valence-electron chi connectivity index (χ4n) is 2.19. The summed E-state index contributed by atoms with van der Waals surface area (Å²) in [6.07, 6.45) is 0. The van der Waals surface area contributed by atoms with E-state index in [4.69, 9.17) is 9.15 Å². The van der Waals surface area contributed by atoms with Crippen LogP contribution in [-0.4, -0.2) is 11.7 Å². The molecule has 0 aliphatic carbocycles. The van der Waals surface area contributed by atoms with Gasteiger partial charge in [0.05, 0.1) is 19.2 Å². The fraction of sp³-hybridized carbons (Fsp3) is 0.133. The van der Waals surface area contributed by atoms with Crippen molar-refractivity contribution in [2.45, 2.75) is 6.54 Å². The highest BCUT2D eigenvalue weighted by Gasteiger charge is 2.12. The van der Waals surface area contributed by atoms with Crippen LogP contribution in [-0.2, 0) is 6.54 Å². The predicted octanol–water partition coefficient (Wildman–Crippen LogP) is 2.79. The second-order valence-electron chi connectivity index (χ2n) is 4.38. The molecule has 0 amide bonds. The van der Waals surface area contributed by atoms with Crippen LogP contribution in [0.5, 0.6) is 5.75 Å². The van der Waals surface area contributed by atoms with Crippen LogP contribution < -0.4 is 10.5 Å². The van der Waals surface area contributed by atoms with E-state index in [9.17, 15) is 9.18 Å². The van der Waals surface area contributed by atoms with Crippen LogP contribution in [0.1, 0.15) is 5.56 Å². The number of halogens is 1. The first-order chi connectivity index (χ1) is 9.69. The summed E-state index contributed by atoms with van der Waals surface area (Å²) in [4.78, 5) is 11.9. The summed E-state index contributed by atoms with van der Waals surface area (Å²) in [6.45, 7) is 0.263. The molecular weight excluding hydrogens is 261 g/mol. The Hall–Kier alpha value is -2.56. The van der Waals surface area contributed by atoms with Crippen LogP contribution in [0.4, 0.5) is 4.39 Å². The molecule has 0 saturated carbocycles. The molecule has 0 spiro atoms. The van der Waals surface area contributed by atoms with E-state index in [-0.39, 0.29) is 6.54 Å². The average Bonchev–Trinajstić information content (AvgIpc) is 2.76. The number of fused-ring (bicyclic) bond motifs is 1. The van der Waals surface area contributed by atoms with Crippen molar-refractivity contribution in [1.82, 2.24) is 4.57 Å². The fourth-order valence-corrected chi connectivity index (χ4v) is 2.19. The molecule has 5 heteroatoms. The van der Waals surface area contributed by atoms with Crippen molar-refractivity contribution in [3.8, 4) is 5.75 Å². The van der Waals surface area contributed by atoms with Crippen molar-refractivity contribution in [2.24, 2.45) is 0 Å². The lowest BCUT2D eigenvalue weighted by atomic mass is 10.2. The first-order valence-electron chi connectivity index (χ1n) is 6.10. The number of nitrogens with zero attached hydrogens (tertiary/aromatic N) is 1. The van der Waals surface area contributed by atoms with Crippen LogP contribution in [0.15, 0.2) is 51.7 Å². The summed E-state index contributed by atoms with van der Waals surface area (Å²) >= 11 is 0. The number of oxazole rings is 1. The number of ether oxygens (including phenoxy) is 1. The molecule has 4 nitrogen and oxygen atoms in total. The topological polar surface area (TPSA) is 44.4 Å². The second-order valence-corrected chi connectivity index (χ2v) is 4.38. The minimum Gasteiger partial charge on any atom is -0.496 e. The Bertz CT molecular complexity index is 819. The molecule has 0 saturated heterocycles. The first kappa shape index (κ1) is 12.5. The molecule has 0 fully saturated rings. The van der Waals surface area contributed by atoms with Crippen LogP contribution in [0.25, 0.3) is 11.1 Å². The van der Waals surface area contributed by atoms with Gasteiger partial charge in [0, 0.05) is 11.6 Å². The van der Waals surface area contributed by atoms with Gasteiger partial charge >= 0.3 is 5.76 Å². The maximum atomic E-state index is 13.3. The number of methoxy groups -OCH3 is 1. The van der Waals surface area contributed by atoms with Crippen molar-refractivity contribution in [2.75, 3.05) is 7.11 Å². The Balaban J connectivity index is 2.13. The van der Waals surface area contributed by atoms with E-state index in [1.165, 1.54) is 22.8 Å². The maximum Gasteiger partial charge on any atom is 0.420 e. The predicted molar refractivity (Wildman–Crippen MR) is 72.5 cm³/mol. The molecule has 0 N–H and O–H groups in total. The van der Waals surface area contributed by atoms with Gasteiger partial charge in [0.15, 0.2) is 5.58 Å². The van der Waals surface area contributed by atoms with Crippen LogP contribution in [0, 0.1) is 5.82 Å². The van der Waals surface area contributed by atoms with E-state index in [1.807, 2.05) is 24.3 Å². The minimum absolute atomic E-state index is 0.263. The van der Waals surface area contributed by atoms with E-state index in [2.05, 4.69) is 0 Å². The van der Waals surface area contributed by atoms with Gasteiger partial charge in [-0.1, -0.05) is 18.2 Å². The lowest BCUT2D eigenvalue weighted by Gasteiger charge is -2.08. The van der Waals surface area contributed by atoms with Gasteiger partial charge in [0.1, 0.15) is 11.6 Å². The van der Waals surface area contributed by atoms with Crippen molar-refractivity contribution in [3.05, 3.63) is 64.4 Å². The van der Waals surface area contributed by atoms with Gasteiger partial charge in [-0.05, 0) is 18.2 Å². The molecule has 1 aromatic heterocycles. The average molecular weight is 273 g/mol. The Morgan fingerprint density at radius 3 is 2.85 bits per heavy atom. The molecule has 0 bridgehead atoms. The summed E-state index contributed by atoms with van der Waals surface area (Å²) in [5.41, 5.74) is 1.62. The highest BCUT2D eigenvalue weighted by molar-refractivity contribution is 5.73. The van der Waals surface area contributed by atoms with Gasteiger partial charge in [-0.3, -0.25) is 4.57 Å². The number of aromatic nitrogens is 1. The Morgan fingerprint density at radius 1 is 1.25 bits per heavy atom. The summed E-state index contributed by atoms with van der Waals surface area (Å²) in [6, 6.07) is 11.4. The third-order valence-electron chi connectivity index (χ3n) is 3.15. The molecule has 20 heavy (non-hydrogen) atoms. The van der Waals surface area contributed by atoms with Crippen molar-refractivity contribution in [1.29, 1.82) is 0 Å². The molecule has 0 aliphatic heterocycles. The smallest absolute Gasteiger partial charge is 0.420 e. The van der Waals surface area contributed by atoms with Crippen LogP contribution in [0.2, 0.25) is 0 Å². The van der Waals surface area contributed by atoms with Crippen molar-refractivity contribution >= 4 is 11.1 Å². The summed E-state index contributed by atoms with van der Waals surface area (Å²) in [7, 11) is 1.56. The molecule has 3 aromatic rings. The highest BCUT2D eigenvalue weighted by atomic mass is 19.1. The first-order valence-corrected chi connectivity index (χ1v) is 6.10. The number of rotatable bonds is 3. The number of para-hydroxylation sites is 1. The normalized spacial score (nSPS) is 10.9. The molecular formula is C15H12FNO3. The number of benzene rings is 2. The summed E-state index contributed by atoms with van der Waals surface area (Å²) < 4.78 is 25.1. The largest absolute Gasteiger partial charge is 0.496 e. The monoisotopic (exact) mass is 273 g/mol. The molecule has 102 valence electrons. The standard InChI is InChI=1S/C15H12FNO3/c1-19-13-5-3-2-4-10(13)9-17-12-8-11(16)6-7-14(12)20-15(17)18/h2-8H,9H2,1H3. The number of hydrogen-bond acceptors (Lipinski definition) is 3. The second kappa shape index (κ2) is 4.85. The third kappa shape index (κ3) is 2.07. The Morgan fingerprint density at radius 2 is 2.05 bits per heavy atom. The molecule has 0 radical (unpaired) electrons. The van der Waals surface area contributed by atoms with Gasteiger partial charge in [-0.15, -0.1) is 0 Å². The molecule has 1 heterocycles. The van der Waals surface area contributed by atoms with Gasteiger partial charge in [-0.25, -0.2) is 9.18 Å². The van der Waals surface area contributed by atoms with Crippen molar-refractivity contribution in [3.63, 3.8) is 0 Å². The van der Waals surface area contributed by atoms with Gasteiger partial charge in [0.2, 0.25) is 0 Å². The molecule has 2 aromatic carbocycles. The zero-order chi connectivity index (χ0) is 14.1. The molecule has 0 unspecified atom stereocenters. The SMILES string of the molecule is COc1ccccc1Cn1c(=O)oc2ccc(F)cc21. The summed E-state index contributed by atoms with van der Waals surface area (Å²) in [5.74, 6) is -0.256. The third-order valence-corrected chi connectivity index (χ3v) is 3.15. The van der Waals surface area contributed by atoms with Gasteiger partial charge < -0.3 is 9.15 Å². The lowest BCUT2D eigenvalue weighted by Crippen LogP contribution is -2.15. The van der Waals surface area contributed by atoms with E-state index >= 15 is 0 Å². The summed E-state index contributed by atoms with van der Waals surface area (Å²) in [5, 5.41) is 0. The van der Waals surface area contributed by atoms with Crippen LogP contribution in [0.3, 0.4) is 0 Å². The zero-order valence-corrected chi connectivity index (χ0v) is 10.8. The van der Waals surface area contributed by atoms with E-state index in [0.29, 0.717) is 16.8 Å². The highest BCUT2D eigenvalue weighted by Crippen LogP contribution is 2.21. The minimum atomic E-state index is -0.517. The van der Waals surface area contributed by atoms with Gasteiger partial charge in [0.25, 0.3) is 0 Å². The molecule has 3 rings (SSSR count). The van der Waals surface area contributed by atoms with Crippen LogP contribution >= 0.6 is 0 Å². The maximum absolute atomic E-state index is 13.3. The Kier molecular flexibility index (Phi) is 3.02. The van der Waals surface area contributed by atoms with E-state index in [1.54, 1.807) is 7.11 Å². The van der Waals surface area contributed by atoms with Gasteiger partial charge in [-0.2, -0.15) is 0 Å². The number of hydrogen-bond donors (Lipinski definition) is 0. The van der Waals surface area contributed by atoms with E-state index in [0.717, 1.165) is 5.56 Å².